The van der Waals surface area contributed by atoms with Crippen molar-refractivity contribution in [2.75, 3.05) is 20.0 Å². The molecule has 0 aromatic heterocycles. The molecular weight excluding hydrogens is 180 g/mol. The third-order valence-electron chi connectivity index (χ3n) is 1.57. The lowest BCUT2D eigenvalue weighted by Gasteiger charge is -2.20. The number of hydrogen-bond donors (Lipinski definition) is 3. The highest BCUT2D eigenvalue weighted by Gasteiger charge is 2.33. The number of nitrogens with one attached hydrogen (secondary N) is 2. The van der Waals surface area contributed by atoms with Gasteiger partial charge in [0, 0.05) is 5.92 Å². The molecule has 0 bridgehead atoms. The topological polar surface area (TPSA) is 59.3 Å². The summed E-state index contributed by atoms with van der Waals surface area (Å²) >= 11 is 0. The molecule has 0 aromatic carbocycles. The molecule has 0 spiro atoms. The van der Waals surface area contributed by atoms with Crippen LogP contribution >= 0.6 is 0 Å². The first-order valence-corrected chi connectivity index (χ1v) is 4.10. The average molecular weight is 197 g/mol. The van der Waals surface area contributed by atoms with E-state index in [9.17, 15) is 8.78 Å². The maximum Gasteiger partial charge on any atom is 0.273 e. The number of nitrogens with two attached hydrogens (primary N) is 1. The molecule has 0 aliphatic carbocycles. The van der Waals surface area contributed by atoms with E-state index in [1.165, 1.54) is 13.8 Å². The van der Waals surface area contributed by atoms with Crippen molar-refractivity contribution in [3.8, 4) is 0 Å². The molecule has 13 heavy (non-hydrogen) atoms. The molecule has 0 saturated heterocycles. The van der Waals surface area contributed by atoms with Crippen LogP contribution < -0.4 is 16.6 Å². The van der Waals surface area contributed by atoms with Crippen LogP contribution in [0.4, 0.5) is 8.78 Å². The molecule has 0 atom stereocenters. The molecule has 0 saturated carbocycles. The van der Waals surface area contributed by atoms with Gasteiger partial charge < -0.3 is 4.74 Å². The van der Waals surface area contributed by atoms with Crippen LogP contribution in [-0.2, 0) is 4.74 Å². The molecule has 0 amide bonds. The molecule has 80 valence electrons. The van der Waals surface area contributed by atoms with Crippen LogP contribution in [0.15, 0.2) is 0 Å². The van der Waals surface area contributed by atoms with Crippen LogP contribution in [0.3, 0.4) is 0 Å². The second-order valence-electron chi connectivity index (χ2n) is 3.04. The zero-order valence-electron chi connectivity index (χ0n) is 7.94. The van der Waals surface area contributed by atoms with Gasteiger partial charge in [-0.05, 0) is 0 Å². The summed E-state index contributed by atoms with van der Waals surface area (Å²) in [4.78, 5) is 0. The molecule has 0 unspecified atom stereocenters. The minimum absolute atomic E-state index is 0.0620. The number of hydrogen-bond acceptors (Lipinski definition) is 4. The van der Waals surface area contributed by atoms with Crippen molar-refractivity contribution in [2.24, 2.45) is 11.8 Å². The van der Waals surface area contributed by atoms with E-state index in [-0.39, 0.29) is 6.73 Å². The molecule has 0 rings (SSSR count). The van der Waals surface area contributed by atoms with Gasteiger partial charge in [-0.3, -0.25) is 11.2 Å². The summed E-state index contributed by atoms with van der Waals surface area (Å²) in [6, 6.07) is 0. The Balaban J connectivity index is 3.41. The third kappa shape index (κ3) is 5.87. The Kier molecular flexibility index (Phi) is 6.06. The van der Waals surface area contributed by atoms with Gasteiger partial charge >= 0.3 is 0 Å². The second kappa shape index (κ2) is 6.20. The van der Waals surface area contributed by atoms with E-state index in [0.717, 1.165) is 0 Å². The monoisotopic (exact) mass is 197 g/mol. The fraction of sp³-hybridized carbons (Fsp3) is 1.00. The van der Waals surface area contributed by atoms with Gasteiger partial charge in [-0.25, -0.2) is 14.2 Å². The van der Waals surface area contributed by atoms with Crippen LogP contribution in [0.5, 0.6) is 0 Å². The summed E-state index contributed by atoms with van der Waals surface area (Å²) in [5, 5.41) is 2.65. The average Bonchev–Trinajstić information content (AvgIpc) is 2.03. The van der Waals surface area contributed by atoms with Crippen molar-refractivity contribution in [2.45, 2.75) is 19.8 Å². The van der Waals surface area contributed by atoms with Gasteiger partial charge in [0.05, 0.1) is 13.4 Å². The Labute approximate surface area is 76.8 Å². The van der Waals surface area contributed by atoms with Gasteiger partial charge in [-0.2, -0.15) is 0 Å². The number of hydrazine groups is 1. The third-order valence-corrected chi connectivity index (χ3v) is 1.57. The largest absolute Gasteiger partial charge is 0.360 e. The standard InChI is InChI=1S/C7H17F2N3O/c1-6(2)7(8,9)3-13-5-11-4-12-10/h6,11-12H,3-5,10H2,1-2H3. The lowest BCUT2D eigenvalue weighted by atomic mass is 10.1. The van der Waals surface area contributed by atoms with Crippen molar-refractivity contribution in [3.05, 3.63) is 0 Å². The van der Waals surface area contributed by atoms with E-state index < -0.39 is 18.4 Å². The zero-order valence-corrected chi connectivity index (χ0v) is 7.94. The first-order valence-electron chi connectivity index (χ1n) is 4.10. The van der Waals surface area contributed by atoms with Gasteiger partial charge in [0.15, 0.2) is 0 Å². The fourth-order valence-electron chi connectivity index (χ4n) is 0.549. The second-order valence-corrected chi connectivity index (χ2v) is 3.04. The molecule has 0 aliphatic rings. The normalized spacial score (nSPS) is 12.5. The predicted molar refractivity (Wildman–Crippen MR) is 45.9 cm³/mol. The molecule has 0 fully saturated rings. The number of ether oxygens (including phenoxy) is 1. The molecule has 4 nitrogen and oxygen atoms in total. The maximum atomic E-state index is 12.9. The highest BCUT2D eigenvalue weighted by atomic mass is 19.3. The number of halogens is 2. The summed E-state index contributed by atoms with van der Waals surface area (Å²) in [6.07, 6.45) is 0. The van der Waals surface area contributed by atoms with E-state index in [0.29, 0.717) is 6.67 Å². The Morgan fingerprint density at radius 3 is 2.54 bits per heavy atom. The van der Waals surface area contributed by atoms with Crippen molar-refractivity contribution in [1.29, 1.82) is 0 Å². The number of alkyl halides is 2. The Bertz CT molecular complexity index is 133. The van der Waals surface area contributed by atoms with Crippen molar-refractivity contribution in [1.82, 2.24) is 10.7 Å². The summed E-state index contributed by atoms with van der Waals surface area (Å²) in [7, 11) is 0. The molecule has 4 N–H and O–H groups in total. The Hall–Kier alpha value is -0.300. The molecule has 0 heterocycles. The summed E-state index contributed by atoms with van der Waals surface area (Å²) in [6.45, 7) is 2.73. The van der Waals surface area contributed by atoms with Gasteiger partial charge in [0.25, 0.3) is 5.92 Å². The molecule has 0 radical (unpaired) electrons. The molecule has 6 heteroatoms. The summed E-state index contributed by atoms with van der Waals surface area (Å²) in [5.74, 6) is 1.45. The Morgan fingerprint density at radius 1 is 1.46 bits per heavy atom. The smallest absolute Gasteiger partial charge is 0.273 e. The molecule has 0 aromatic rings. The highest BCUT2D eigenvalue weighted by Crippen LogP contribution is 2.23. The van der Waals surface area contributed by atoms with Gasteiger partial charge in [-0.15, -0.1) is 0 Å². The first-order chi connectivity index (χ1) is 6.00. The van der Waals surface area contributed by atoms with Gasteiger partial charge in [0.2, 0.25) is 0 Å². The van der Waals surface area contributed by atoms with Gasteiger partial charge in [0.1, 0.15) is 6.61 Å². The molecule has 0 aliphatic heterocycles. The van der Waals surface area contributed by atoms with E-state index in [1.54, 1.807) is 0 Å². The van der Waals surface area contributed by atoms with E-state index >= 15 is 0 Å². The van der Waals surface area contributed by atoms with Crippen LogP contribution in [0.2, 0.25) is 0 Å². The predicted octanol–water partition coefficient (Wildman–Crippen LogP) is 0.262. The maximum absolute atomic E-state index is 12.9. The summed E-state index contributed by atoms with van der Waals surface area (Å²) < 4.78 is 30.4. The van der Waals surface area contributed by atoms with Crippen molar-refractivity contribution in [3.63, 3.8) is 0 Å². The van der Waals surface area contributed by atoms with Gasteiger partial charge in [-0.1, -0.05) is 13.8 Å². The Morgan fingerprint density at radius 2 is 2.08 bits per heavy atom. The molecular formula is C7H17F2N3O. The SMILES string of the molecule is CC(C)C(F)(F)COCNCNN. The number of rotatable bonds is 7. The highest BCUT2D eigenvalue weighted by molar-refractivity contribution is 4.68. The summed E-state index contributed by atoms with van der Waals surface area (Å²) in [5.41, 5.74) is 2.31. The lowest BCUT2D eigenvalue weighted by molar-refractivity contribution is -0.110. The first kappa shape index (κ1) is 12.7. The van der Waals surface area contributed by atoms with Crippen LogP contribution in [0, 0.1) is 5.92 Å². The van der Waals surface area contributed by atoms with Crippen LogP contribution in [0.1, 0.15) is 13.8 Å². The fourth-order valence-corrected chi connectivity index (χ4v) is 0.549. The van der Waals surface area contributed by atoms with E-state index in [1.807, 2.05) is 0 Å². The van der Waals surface area contributed by atoms with Crippen molar-refractivity contribution < 1.29 is 13.5 Å². The minimum atomic E-state index is -2.77. The van der Waals surface area contributed by atoms with Crippen LogP contribution in [-0.4, -0.2) is 25.9 Å². The van der Waals surface area contributed by atoms with Crippen LogP contribution in [0.25, 0.3) is 0 Å². The van der Waals surface area contributed by atoms with E-state index in [2.05, 4.69) is 10.7 Å². The van der Waals surface area contributed by atoms with Crippen molar-refractivity contribution >= 4 is 0 Å². The zero-order chi connectivity index (χ0) is 10.3. The minimum Gasteiger partial charge on any atom is -0.360 e. The quantitative estimate of drug-likeness (QED) is 0.237. The lowest BCUT2D eigenvalue weighted by Crippen LogP contribution is -2.37. The van der Waals surface area contributed by atoms with E-state index in [4.69, 9.17) is 10.6 Å².